The fourth-order valence-electron chi connectivity index (χ4n) is 1.35. The normalized spacial score (nSPS) is 13.2. The molecule has 1 heterocycles. The molecule has 0 fully saturated rings. The van der Waals surface area contributed by atoms with E-state index in [4.69, 9.17) is 5.26 Å². The number of hydrogen-bond donors (Lipinski definition) is 1. The van der Waals surface area contributed by atoms with Gasteiger partial charge in [-0.25, -0.2) is 8.42 Å². The number of sulfonamides is 1. The maximum atomic E-state index is 11.8. The first-order valence-corrected chi connectivity index (χ1v) is 7.39. The molecule has 1 N–H and O–H groups in total. The second-order valence-electron chi connectivity index (χ2n) is 4.36. The molecule has 98 valence electrons. The molecule has 1 unspecified atom stereocenters. The second kappa shape index (κ2) is 6.47. The van der Waals surface area contributed by atoms with Crippen molar-refractivity contribution in [2.75, 3.05) is 5.75 Å². The standard InChI is InChI=1S/C12H17N3O2S/c1-10(2)12(9-13)15-18(16,17)8-6-11-5-3-4-7-14-11/h3-5,7,10,12,15H,6,8H2,1-2H3. The van der Waals surface area contributed by atoms with Gasteiger partial charge in [0.05, 0.1) is 11.8 Å². The van der Waals surface area contributed by atoms with Gasteiger partial charge in [0.25, 0.3) is 0 Å². The van der Waals surface area contributed by atoms with Crippen molar-refractivity contribution in [3.63, 3.8) is 0 Å². The Morgan fingerprint density at radius 3 is 2.67 bits per heavy atom. The van der Waals surface area contributed by atoms with E-state index in [9.17, 15) is 8.42 Å². The van der Waals surface area contributed by atoms with E-state index in [2.05, 4.69) is 9.71 Å². The van der Waals surface area contributed by atoms with Gasteiger partial charge < -0.3 is 0 Å². The highest BCUT2D eigenvalue weighted by Crippen LogP contribution is 2.04. The van der Waals surface area contributed by atoms with E-state index < -0.39 is 16.1 Å². The lowest BCUT2D eigenvalue weighted by atomic mass is 10.1. The van der Waals surface area contributed by atoms with Crippen LogP contribution in [0.3, 0.4) is 0 Å². The SMILES string of the molecule is CC(C)C(C#N)NS(=O)(=O)CCc1ccccn1. The number of nitrogens with zero attached hydrogens (tertiary/aromatic N) is 2. The first kappa shape index (κ1) is 14.6. The summed E-state index contributed by atoms with van der Waals surface area (Å²) in [7, 11) is -3.45. The predicted molar refractivity (Wildman–Crippen MR) is 69.1 cm³/mol. The van der Waals surface area contributed by atoms with Crippen molar-refractivity contribution in [2.45, 2.75) is 26.3 Å². The van der Waals surface area contributed by atoms with E-state index in [1.807, 2.05) is 12.1 Å². The van der Waals surface area contributed by atoms with Crippen LogP contribution in [0.25, 0.3) is 0 Å². The molecule has 0 saturated carbocycles. The lowest BCUT2D eigenvalue weighted by Crippen LogP contribution is -2.39. The van der Waals surface area contributed by atoms with Gasteiger partial charge in [-0.1, -0.05) is 19.9 Å². The molecule has 1 atom stereocenters. The molecular weight excluding hydrogens is 250 g/mol. The number of rotatable bonds is 6. The second-order valence-corrected chi connectivity index (χ2v) is 6.23. The van der Waals surface area contributed by atoms with Crippen LogP contribution >= 0.6 is 0 Å². The Morgan fingerprint density at radius 1 is 1.44 bits per heavy atom. The first-order valence-electron chi connectivity index (χ1n) is 5.74. The molecule has 6 heteroatoms. The molecule has 0 aliphatic carbocycles. The molecule has 0 amide bonds. The van der Waals surface area contributed by atoms with E-state index in [0.717, 1.165) is 5.69 Å². The van der Waals surface area contributed by atoms with Gasteiger partial charge in [0, 0.05) is 18.3 Å². The third-order valence-corrected chi connectivity index (χ3v) is 3.82. The number of aromatic nitrogens is 1. The highest BCUT2D eigenvalue weighted by atomic mass is 32.2. The van der Waals surface area contributed by atoms with Crippen molar-refractivity contribution in [1.82, 2.24) is 9.71 Å². The third kappa shape index (κ3) is 4.82. The smallest absolute Gasteiger partial charge is 0.213 e. The van der Waals surface area contributed by atoms with Gasteiger partial charge in [0.15, 0.2) is 0 Å². The van der Waals surface area contributed by atoms with Crippen molar-refractivity contribution in [3.8, 4) is 6.07 Å². The summed E-state index contributed by atoms with van der Waals surface area (Å²) in [6.45, 7) is 3.60. The minimum absolute atomic E-state index is 0.0559. The Kier molecular flexibility index (Phi) is 5.25. The van der Waals surface area contributed by atoms with Crippen LogP contribution in [0.1, 0.15) is 19.5 Å². The number of aryl methyl sites for hydroxylation is 1. The zero-order valence-electron chi connectivity index (χ0n) is 10.5. The maximum Gasteiger partial charge on any atom is 0.213 e. The molecule has 5 nitrogen and oxygen atoms in total. The highest BCUT2D eigenvalue weighted by Gasteiger charge is 2.20. The van der Waals surface area contributed by atoms with E-state index in [0.29, 0.717) is 6.42 Å². The minimum atomic E-state index is -3.45. The highest BCUT2D eigenvalue weighted by molar-refractivity contribution is 7.89. The molecule has 0 radical (unpaired) electrons. The quantitative estimate of drug-likeness (QED) is 0.836. The Hall–Kier alpha value is -1.45. The van der Waals surface area contributed by atoms with Crippen molar-refractivity contribution in [2.24, 2.45) is 5.92 Å². The van der Waals surface area contributed by atoms with Crippen LogP contribution in [0.4, 0.5) is 0 Å². The summed E-state index contributed by atoms with van der Waals surface area (Å²) >= 11 is 0. The Balaban J connectivity index is 2.58. The molecule has 1 rings (SSSR count). The molecule has 0 bridgehead atoms. The van der Waals surface area contributed by atoms with Gasteiger partial charge in [-0.15, -0.1) is 0 Å². The topological polar surface area (TPSA) is 82.9 Å². The van der Waals surface area contributed by atoms with Crippen molar-refractivity contribution >= 4 is 10.0 Å². The first-order chi connectivity index (χ1) is 8.44. The van der Waals surface area contributed by atoms with Gasteiger partial charge in [0.1, 0.15) is 6.04 Å². The molecule has 1 aromatic rings. The lowest BCUT2D eigenvalue weighted by Gasteiger charge is -2.14. The molecule has 0 spiro atoms. The summed E-state index contributed by atoms with van der Waals surface area (Å²) in [4.78, 5) is 4.06. The number of hydrogen-bond acceptors (Lipinski definition) is 4. The van der Waals surface area contributed by atoms with Gasteiger partial charge in [-0.3, -0.25) is 4.98 Å². The van der Waals surface area contributed by atoms with E-state index in [1.165, 1.54) is 0 Å². The molecule has 18 heavy (non-hydrogen) atoms. The molecular formula is C12H17N3O2S. The fourth-order valence-corrected chi connectivity index (χ4v) is 2.66. The largest absolute Gasteiger partial charge is 0.261 e. The summed E-state index contributed by atoms with van der Waals surface area (Å²) < 4.78 is 26.0. The summed E-state index contributed by atoms with van der Waals surface area (Å²) in [5, 5.41) is 8.86. The van der Waals surface area contributed by atoms with Crippen LogP contribution in [-0.2, 0) is 16.4 Å². The van der Waals surface area contributed by atoms with Gasteiger partial charge in [0.2, 0.25) is 10.0 Å². The monoisotopic (exact) mass is 267 g/mol. The van der Waals surface area contributed by atoms with Crippen LogP contribution < -0.4 is 4.72 Å². The Labute approximate surface area is 108 Å². The number of nitriles is 1. The fraction of sp³-hybridized carbons (Fsp3) is 0.500. The van der Waals surface area contributed by atoms with E-state index in [-0.39, 0.29) is 11.7 Å². The number of nitrogens with one attached hydrogen (secondary N) is 1. The van der Waals surface area contributed by atoms with Crippen LogP contribution in [0.15, 0.2) is 24.4 Å². The zero-order chi connectivity index (χ0) is 13.6. The zero-order valence-corrected chi connectivity index (χ0v) is 11.3. The van der Waals surface area contributed by atoms with Crippen LogP contribution in [0.2, 0.25) is 0 Å². The predicted octanol–water partition coefficient (Wildman–Crippen LogP) is 1.09. The van der Waals surface area contributed by atoms with Crippen LogP contribution in [-0.4, -0.2) is 25.2 Å². The number of pyridine rings is 1. The van der Waals surface area contributed by atoms with E-state index in [1.54, 1.807) is 32.2 Å². The minimum Gasteiger partial charge on any atom is -0.261 e. The van der Waals surface area contributed by atoms with Crippen molar-refractivity contribution < 1.29 is 8.42 Å². The van der Waals surface area contributed by atoms with E-state index >= 15 is 0 Å². The molecule has 0 aliphatic heterocycles. The van der Waals surface area contributed by atoms with Gasteiger partial charge in [-0.2, -0.15) is 9.98 Å². The molecule has 0 saturated heterocycles. The average Bonchev–Trinajstić information content (AvgIpc) is 2.35. The molecule has 0 aromatic carbocycles. The Morgan fingerprint density at radius 2 is 2.17 bits per heavy atom. The van der Waals surface area contributed by atoms with Crippen LogP contribution in [0.5, 0.6) is 0 Å². The Bertz CT molecular complexity index is 506. The summed E-state index contributed by atoms with van der Waals surface area (Å²) in [5.41, 5.74) is 0.723. The average molecular weight is 267 g/mol. The van der Waals surface area contributed by atoms with Crippen molar-refractivity contribution in [3.05, 3.63) is 30.1 Å². The lowest BCUT2D eigenvalue weighted by molar-refractivity contribution is 0.515. The summed E-state index contributed by atoms with van der Waals surface area (Å²) in [6, 6.07) is 6.64. The molecule has 1 aromatic heterocycles. The summed E-state index contributed by atoms with van der Waals surface area (Å²) in [5.74, 6) is -0.117. The molecule has 0 aliphatic rings. The maximum absolute atomic E-state index is 11.8. The van der Waals surface area contributed by atoms with Gasteiger partial charge >= 0.3 is 0 Å². The third-order valence-electron chi connectivity index (χ3n) is 2.47. The van der Waals surface area contributed by atoms with Crippen LogP contribution in [0, 0.1) is 17.2 Å². The van der Waals surface area contributed by atoms with Gasteiger partial charge in [-0.05, 0) is 18.1 Å². The summed E-state index contributed by atoms with van der Waals surface area (Å²) in [6.07, 6.45) is 1.97. The van der Waals surface area contributed by atoms with Crippen molar-refractivity contribution in [1.29, 1.82) is 5.26 Å².